The van der Waals surface area contributed by atoms with Crippen LogP contribution in [0.4, 0.5) is 5.69 Å². The predicted octanol–water partition coefficient (Wildman–Crippen LogP) is 6.86. The van der Waals surface area contributed by atoms with Crippen molar-refractivity contribution in [1.29, 1.82) is 0 Å². The van der Waals surface area contributed by atoms with Gasteiger partial charge in [0.05, 0.1) is 18.8 Å². The van der Waals surface area contributed by atoms with Crippen molar-refractivity contribution in [2.24, 2.45) is 0 Å². The zero-order valence-corrected chi connectivity index (χ0v) is 17.9. The largest absolute Gasteiger partial charge is 0.494 e. The van der Waals surface area contributed by atoms with E-state index in [0.717, 1.165) is 30.7 Å². The minimum absolute atomic E-state index is 0.172. The molecular formula is C25H35NO3. The molecule has 2 rings (SSSR count). The summed E-state index contributed by atoms with van der Waals surface area (Å²) >= 11 is 0. The van der Waals surface area contributed by atoms with E-state index in [-0.39, 0.29) is 5.91 Å². The van der Waals surface area contributed by atoms with Crippen molar-refractivity contribution in [2.75, 3.05) is 18.5 Å². The Morgan fingerprint density at radius 1 is 0.793 bits per heavy atom. The highest BCUT2D eigenvalue weighted by Gasteiger charge is 2.12. The molecule has 29 heavy (non-hydrogen) atoms. The average Bonchev–Trinajstić information content (AvgIpc) is 2.74. The van der Waals surface area contributed by atoms with E-state index in [9.17, 15) is 4.79 Å². The molecule has 0 aliphatic rings. The highest BCUT2D eigenvalue weighted by atomic mass is 16.5. The fourth-order valence-electron chi connectivity index (χ4n) is 3.07. The first-order valence-corrected chi connectivity index (χ1v) is 11.0. The van der Waals surface area contributed by atoms with Gasteiger partial charge in [-0.15, -0.1) is 0 Å². The Kier molecular flexibility index (Phi) is 10.7. The van der Waals surface area contributed by atoms with Crippen LogP contribution in [0.15, 0.2) is 48.5 Å². The van der Waals surface area contributed by atoms with Crippen LogP contribution in [0.5, 0.6) is 11.5 Å². The summed E-state index contributed by atoms with van der Waals surface area (Å²) in [5.74, 6) is 1.24. The van der Waals surface area contributed by atoms with Gasteiger partial charge in [-0.25, -0.2) is 0 Å². The molecule has 0 unspecified atom stereocenters. The van der Waals surface area contributed by atoms with E-state index < -0.39 is 0 Å². The van der Waals surface area contributed by atoms with Gasteiger partial charge in [0.1, 0.15) is 11.5 Å². The molecule has 0 atom stereocenters. The molecule has 4 heteroatoms. The number of carbonyl (C=O) groups excluding carboxylic acids is 1. The van der Waals surface area contributed by atoms with Gasteiger partial charge in [-0.05, 0) is 37.1 Å². The molecule has 0 aliphatic carbocycles. The maximum atomic E-state index is 12.8. The smallest absolute Gasteiger partial charge is 0.259 e. The van der Waals surface area contributed by atoms with E-state index >= 15 is 0 Å². The molecule has 4 nitrogen and oxygen atoms in total. The van der Waals surface area contributed by atoms with Crippen LogP contribution < -0.4 is 14.8 Å². The normalized spacial score (nSPS) is 10.6. The maximum absolute atomic E-state index is 12.8. The van der Waals surface area contributed by atoms with E-state index in [4.69, 9.17) is 9.47 Å². The van der Waals surface area contributed by atoms with E-state index in [1.165, 1.54) is 32.1 Å². The van der Waals surface area contributed by atoms with Crippen LogP contribution in [-0.4, -0.2) is 19.1 Å². The number of anilines is 1. The third-order valence-corrected chi connectivity index (χ3v) is 4.75. The van der Waals surface area contributed by atoms with Crippen LogP contribution in [0.3, 0.4) is 0 Å². The summed E-state index contributed by atoms with van der Waals surface area (Å²) in [6.07, 6.45) is 9.24. The molecule has 1 N–H and O–H groups in total. The Morgan fingerprint density at radius 2 is 1.48 bits per heavy atom. The molecule has 0 spiro atoms. The number of nitrogens with one attached hydrogen (secondary N) is 1. The predicted molar refractivity (Wildman–Crippen MR) is 120 cm³/mol. The van der Waals surface area contributed by atoms with Gasteiger partial charge in [0.2, 0.25) is 0 Å². The van der Waals surface area contributed by atoms with Crippen molar-refractivity contribution in [2.45, 2.75) is 65.2 Å². The fraction of sp³-hybridized carbons (Fsp3) is 0.480. The molecule has 0 aromatic heterocycles. The zero-order valence-electron chi connectivity index (χ0n) is 17.9. The Bertz CT molecular complexity index is 730. The molecule has 1 amide bonds. The summed E-state index contributed by atoms with van der Waals surface area (Å²) in [6, 6.07) is 15.0. The van der Waals surface area contributed by atoms with E-state index in [2.05, 4.69) is 19.2 Å². The van der Waals surface area contributed by atoms with Crippen molar-refractivity contribution >= 4 is 11.6 Å². The average molecular weight is 398 g/mol. The van der Waals surface area contributed by atoms with Gasteiger partial charge >= 0.3 is 0 Å². The Morgan fingerprint density at radius 3 is 2.21 bits per heavy atom. The minimum Gasteiger partial charge on any atom is -0.494 e. The number of rotatable bonds is 14. The maximum Gasteiger partial charge on any atom is 0.259 e. The van der Waals surface area contributed by atoms with Gasteiger partial charge in [0.15, 0.2) is 0 Å². The summed E-state index contributed by atoms with van der Waals surface area (Å²) in [4.78, 5) is 12.8. The third-order valence-electron chi connectivity index (χ3n) is 4.75. The first-order chi connectivity index (χ1) is 14.2. The van der Waals surface area contributed by atoms with Gasteiger partial charge in [0, 0.05) is 11.8 Å². The van der Waals surface area contributed by atoms with E-state index in [1.807, 2.05) is 42.5 Å². The second kappa shape index (κ2) is 13.6. The van der Waals surface area contributed by atoms with Gasteiger partial charge in [-0.2, -0.15) is 0 Å². The second-order valence-electron chi connectivity index (χ2n) is 7.30. The standard InChI is InChI=1S/C25H35NO3/c1-3-5-7-11-18-28-22-15-13-14-21(20-22)26-25(27)23-16-9-10-17-24(23)29-19-12-8-6-4-2/h9-10,13-17,20H,3-8,11-12,18-19H2,1-2H3,(H,26,27). The van der Waals surface area contributed by atoms with Crippen LogP contribution in [0, 0.1) is 0 Å². The van der Waals surface area contributed by atoms with Crippen LogP contribution in [0.25, 0.3) is 0 Å². The third kappa shape index (κ3) is 8.59. The molecule has 0 saturated carbocycles. The summed E-state index contributed by atoms with van der Waals surface area (Å²) in [7, 11) is 0. The Balaban J connectivity index is 1.90. The quantitative estimate of drug-likeness (QED) is 0.354. The van der Waals surface area contributed by atoms with E-state index in [1.54, 1.807) is 6.07 Å². The van der Waals surface area contributed by atoms with Crippen LogP contribution in [0.2, 0.25) is 0 Å². The van der Waals surface area contributed by atoms with Gasteiger partial charge in [-0.3, -0.25) is 4.79 Å². The number of benzene rings is 2. The molecule has 0 fully saturated rings. The molecule has 2 aromatic carbocycles. The van der Waals surface area contributed by atoms with Crippen LogP contribution in [-0.2, 0) is 0 Å². The number of ether oxygens (including phenoxy) is 2. The highest BCUT2D eigenvalue weighted by Crippen LogP contribution is 2.22. The van der Waals surface area contributed by atoms with Crippen molar-refractivity contribution < 1.29 is 14.3 Å². The molecular weight excluding hydrogens is 362 g/mol. The van der Waals surface area contributed by atoms with Crippen molar-refractivity contribution in [3.05, 3.63) is 54.1 Å². The zero-order chi connectivity index (χ0) is 20.7. The SMILES string of the molecule is CCCCCCOc1cccc(NC(=O)c2ccccc2OCCCCCC)c1. The topological polar surface area (TPSA) is 47.6 Å². The number of para-hydroxylation sites is 1. The molecule has 0 heterocycles. The van der Waals surface area contributed by atoms with Gasteiger partial charge in [-0.1, -0.05) is 70.6 Å². The summed E-state index contributed by atoms with van der Waals surface area (Å²) < 4.78 is 11.7. The number of hydrogen-bond acceptors (Lipinski definition) is 3. The fourth-order valence-corrected chi connectivity index (χ4v) is 3.07. The molecule has 0 aliphatic heterocycles. The van der Waals surface area contributed by atoms with Crippen molar-refractivity contribution in [1.82, 2.24) is 0 Å². The molecule has 0 saturated heterocycles. The number of carbonyl (C=O) groups is 1. The number of unbranched alkanes of at least 4 members (excludes halogenated alkanes) is 6. The highest BCUT2D eigenvalue weighted by molar-refractivity contribution is 6.06. The summed E-state index contributed by atoms with van der Waals surface area (Å²) in [5.41, 5.74) is 1.27. The lowest BCUT2D eigenvalue weighted by atomic mass is 10.1. The molecule has 0 radical (unpaired) electrons. The first-order valence-electron chi connectivity index (χ1n) is 11.0. The van der Waals surface area contributed by atoms with Gasteiger partial charge in [0.25, 0.3) is 5.91 Å². The lowest BCUT2D eigenvalue weighted by Crippen LogP contribution is -2.14. The van der Waals surface area contributed by atoms with Crippen molar-refractivity contribution in [3.63, 3.8) is 0 Å². The van der Waals surface area contributed by atoms with Crippen LogP contribution in [0.1, 0.15) is 75.6 Å². The van der Waals surface area contributed by atoms with E-state index in [0.29, 0.717) is 24.5 Å². The van der Waals surface area contributed by atoms with Gasteiger partial charge < -0.3 is 14.8 Å². The second-order valence-corrected chi connectivity index (χ2v) is 7.30. The molecule has 158 valence electrons. The lowest BCUT2D eigenvalue weighted by Gasteiger charge is -2.12. The van der Waals surface area contributed by atoms with Crippen LogP contribution >= 0.6 is 0 Å². The minimum atomic E-state index is -0.172. The monoisotopic (exact) mass is 397 g/mol. The molecule has 0 bridgehead atoms. The van der Waals surface area contributed by atoms with Crippen molar-refractivity contribution in [3.8, 4) is 11.5 Å². The Hall–Kier alpha value is -2.49. The first kappa shape index (κ1) is 22.8. The molecule has 2 aromatic rings. The Labute approximate surface area is 175 Å². The number of amides is 1. The lowest BCUT2D eigenvalue weighted by molar-refractivity contribution is 0.102. The number of hydrogen-bond donors (Lipinski definition) is 1. The summed E-state index contributed by atoms with van der Waals surface area (Å²) in [6.45, 7) is 5.72. The summed E-state index contributed by atoms with van der Waals surface area (Å²) in [5, 5.41) is 2.96.